The molecule has 3 N–H and O–H groups in total. The van der Waals surface area contributed by atoms with Crippen LogP contribution in [0, 0.1) is 0 Å². The largest absolute Gasteiger partial charge is 0.396 e. The smallest absolute Gasteiger partial charge is 0.190 e. The van der Waals surface area contributed by atoms with Gasteiger partial charge in [-0.2, -0.15) is 0 Å². The highest BCUT2D eigenvalue weighted by atomic mass is 16.3. The normalized spacial score (nSPS) is 14.0. The SMILES string of the molecule is CN=C(NCCC(C)c1ccccc1)NCC(CO)c1ccccc1. The van der Waals surface area contributed by atoms with Gasteiger partial charge in [0.2, 0.25) is 0 Å². The highest BCUT2D eigenvalue weighted by molar-refractivity contribution is 5.79. The van der Waals surface area contributed by atoms with Gasteiger partial charge in [0, 0.05) is 26.1 Å². The van der Waals surface area contributed by atoms with Crippen LogP contribution < -0.4 is 10.6 Å². The second-order valence-electron chi connectivity index (χ2n) is 6.27. The molecule has 25 heavy (non-hydrogen) atoms. The Kier molecular flexibility index (Phi) is 7.99. The van der Waals surface area contributed by atoms with E-state index in [9.17, 15) is 5.11 Å². The summed E-state index contributed by atoms with van der Waals surface area (Å²) in [6.45, 7) is 3.85. The molecule has 134 valence electrons. The van der Waals surface area contributed by atoms with Crippen molar-refractivity contribution in [3.8, 4) is 0 Å². The molecule has 0 saturated carbocycles. The van der Waals surface area contributed by atoms with Gasteiger partial charge in [-0.1, -0.05) is 67.6 Å². The first-order chi connectivity index (χ1) is 12.2. The van der Waals surface area contributed by atoms with Gasteiger partial charge in [-0.25, -0.2) is 0 Å². The minimum absolute atomic E-state index is 0.0583. The van der Waals surface area contributed by atoms with E-state index in [1.807, 2.05) is 36.4 Å². The van der Waals surface area contributed by atoms with Crippen LogP contribution in [-0.2, 0) is 0 Å². The lowest BCUT2D eigenvalue weighted by atomic mass is 9.98. The fourth-order valence-corrected chi connectivity index (χ4v) is 2.81. The van der Waals surface area contributed by atoms with Crippen LogP contribution in [0.2, 0.25) is 0 Å². The molecule has 0 spiro atoms. The van der Waals surface area contributed by atoms with E-state index in [4.69, 9.17) is 0 Å². The molecule has 0 aliphatic carbocycles. The number of rotatable bonds is 8. The van der Waals surface area contributed by atoms with E-state index in [-0.39, 0.29) is 12.5 Å². The van der Waals surface area contributed by atoms with Gasteiger partial charge in [-0.05, 0) is 23.5 Å². The van der Waals surface area contributed by atoms with Gasteiger partial charge in [0.25, 0.3) is 0 Å². The van der Waals surface area contributed by atoms with Crippen molar-refractivity contribution in [2.24, 2.45) is 4.99 Å². The van der Waals surface area contributed by atoms with Gasteiger partial charge < -0.3 is 15.7 Å². The van der Waals surface area contributed by atoms with Crippen molar-refractivity contribution in [2.75, 3.05) is 26.7 Å². The van der Waals surface area contributed by atoms with E-state index in [1.54, 1.807) is 7.05 Å². The van der Waals surface area contributed by atoms with Crippen molar-refractivity contribution in [1.82, 2.24) is 10.6 Å². The summed E-state index contributed by atoms with van der Waals surface area (Å²) in [7, 11) is 1.77. The molecule has 0 aliphatic heterocycles. The summed E-state index contributed by atoms with van der Waals surface area (Å²) in [6, 6.07) is 20.6. The predicted molar refractivity (Wildman–Crippen MR) is 105 cm³/mol. The minimum atomic E-state index is 0.0583. The topological polar surface area (TPSA) is 56.7 Å². The summed E-state index contributed by atoms with van der Waals surface area (Å²) in [5, 5.41) is 16.3. The highest BCUT2D eigenvalue weighted by Gasteiger charge is 2.11. The summed E-state index contributed by atoms with van der Waals surface area (Å²) >= 11 is 0. The zero-order valence-corrected chi connectivity index (χ0v) is 15.2. The van der Waals surface area contributed by atoms with E-state index in [0.29, 0.717) is 12.5 Å². The summed E-state index contributed by atoms with van der Waals surface area (Å²) in [6.07, 6.45) is 1.03. The highest BCUT2D eigenvalue weighted by Crippen LogP contribution is 2.17. The maximum Gasteiger partial charge on any atom is 0.190 e. The number of hydrogen-bond donors (Lipinski definition) is 3. The Morgan fingerprint density at radius 2 is 1.56 bits per heavy atom. The van der Waals surface area contributed by atoms with Crippen LogP contribution in [0.5, 0.6) is 0 Å². The van der Waals surface area contributed by atoms with Crippen LogP contribution in [0.4, 0.5) is 0 Å². The molecule has 4 nitrogen and oxygen atoms in total. The molecule has 2 aromatic rings. The van der Waals surface area contributed by atoms with Gasteiger partial charge in [-0.15, -0.1) is 0 Å². The van der Waals surface area contributed by atoms with Crippen LogP contribution in [-0.4, -0.2) is 37.8 Å². The first-order valence-corrected chi connectivity index (χ1v) is 8.89. The number of aliphatic hydroxyl groups excluding tert-OH is 1. The number of hydrogen-bond acceptors (Lipinski definition) is 2. The van der Waals surface area contributed by atoms with Gasteiger partial charge in [0.15, 0.2) is 5.96 Å². The van der Waals surface area contributed by atoms with Crippen molar-refractivity contribution in [2.45, 2.75) is 25.2 Å². The van der Waals surface area contributed by atoms with Crippen LogP contribution >= 0.6 is 0 Å². The Balaban J connectivity index is 1.77. The van der Waals surface area contributed by atoms with Gasteiger partial charge in [0.1, 0.15) is 0 Å². The Bertz CT molecular complexity index is 628. The molecule has 0 aromatic heterocycles. The Morgan fingerprint density at radius 3 is 2.12 bits per heavy atom. The first kappa shape index (κ1) is 19.0. The van der Waals surface area contributed by atoms with Crippen molar-refractivity contribution >= 4 is 5.96 Å². The molecule has 0 radical (unpaired) electrons. The van der Waals surface area contributed by atoms with E-state index in [0.717, 1.165) is 24.5 Å². The quantitative estimate of drug-likeness (QED) is 0.512. The van der Waals surface area contributed by atoms with E-state index in [2.05, 4.69) is 46.8 Å². The summed E-state index contributed by atoms with van der Waals surface area (Å²) < 4.78 is 0. The molecule has 2 atom stereocenters. The number of guanidine groups is 1. The van der Waals surface area contributed by atoms with Crippen molar-refractivity contribution < 1.29 is 5.11 Å². The van der Waals surface area contributed by atoms with Crippen LogP contribution in [0.25, 0.3) is 0 Å². The lowest BCUT2D eigenvalue weighted by Crippen LogP contribution is -2.40. The minimum Gasteiger partial charge on any atom is -0.396 e. The van der Waals surface area contributed by atoms with E-state index >= 15 is 0 Å². The van der Waals surface area contributed by atoms with Crippen LogP contribution in [0.1, 0.15) is 36.3 Å². The molecule has 0 bridgehead atoms. The molecule has 0 amide bonds. The monoisotopic (exact) mass is 339 g/mol. The van der Waals surface area contributed by atoms with Crippen LogP contribution in [0.15, 0.2) is 65.7 Å². The molecule has 0 fully saturated rings. The van der Waals surface area contributed by atoms with Crippen LogP contribution in [0.3, 0.4) is 0 Å². The Hall–Kier alpha value is -2.33. The molecule has 2 aromatic carbocycles. The lowest BCUT2D eigenvalue weighted by molar-refractivity contribution is 0.265. The van der Waals surface area contributed by atoms with Crippen molar-refractivity contribution in [3.63, 3.8) is 0 Å². The summed E-state index contributed by atoms with van der Waals surface area (Å²) in [4.78, 5) is 4.27. The molecule has 2 unspecified atom stereocenters. The second-order valence-corrected chi connectivity index (χ2v) is 6.27. The fourth-order valence-electron chi connectivity index (χ4n) is 2.81. The standard InChI is InChI=1S/C21H29N3O/c1-17(18-9-5-3-6-10-18)13-14-23-21(22-2)24-15-20(16-25)19-11-7-4-8-12-19/h3-12,17,20,25H,13-16H2,1-2H3,(H2,22,23,24). The van der Waals surface area contributed by atoms with E-state index in [1.165, 1.54) is 5.56 Å². The zero-order valence-electron chi connectivity index (χ0n) is 15.2. The summed E-state index contributed by atoms with van der Waals surface area (Å²) in [5.74, 6) is 1.33. The molecule has 4 heteroatoms. The first-order valence-electron chi connectivity index (χ1n) is 8.89. The third kappa shape index (κ3) is 6.24. The predicted octanol–water partition coefficient (Wildman–Crippen LogP) is 3.12. The molecule has 0 heterocycles. The van der Waals surface area contributed by atoms with Crippen molar-refractivity contribution in [1.29, 1.82) is 0 Å². The third-order valence-electron chi connectivity index (χ3n) is 4.47. The average Bonchev–Trinajstić information content (AvgIpc) is 2.68. The Morgan fingerprint density at radius 1 is 0.960 bits per heavy atom. The maximum atomic E-state index is 9.64. The van der Waals surface area contributed by atoms with Crippen molar-refractivity contribution in [3.05, 3.63) is 71.8 Å². The third-order valence-corrected chi connectivity index (χ3v) is 4.47. The van der Waals surface area contributed by atoms with E-state index < -0.39 is 0 Å². The number of benzene rings is 2. The molecule has 0 saturated heterocycles. The second kappa shape index (κ2) is 10.5. The fraction of sp³-hybridized carbons (Fsp3) is 0.381. The number of nitrogens with one attached hydrogen (secondary N) is 2. The number of aliphatic hydroxyl groups is 1. The van der Waals surface area contributed by atoms with Gasteiger partial charge >= 0.3 is 0 Å². The molecular weight excluding hydrogens is 310 g/mol. The lowest BCUT2D eigenvalue weighted by Gasteiger charge is -2.19. The number of aliphatic imine (C=N–C) groups is 1. The molecular formula is C21H29N3O. The zero-order chi connectivity index (χ0) is 17.9. The van der Waals surface area contributed by atoms with Gasteiger partial charge in [-0.3, -0.25) is 4.99 Å². The maximum absolute atomic E-state index is 9.64. The molecule has 2 rings (SSSR count). The van der Waals surface area contributed by atoms with Gasteiger partial charge in [0.05, 0.1) is 6.61 Å². The average molecular weight is 339 g/mol. The summed E-state index contributed by atoms with van der Waals surface area (Å²) in [5.41, 5.74) is 2.49. The number of nitrogens with zero attached hydrogens (tertiary/aromatic N) is 1. The molecule has 0 aliphatic rings. The Labute approximate surface area is 151 Å².